The summed E-state index contributed by atoms with van der Waals surface area (Å²) in [4.78, 5) is 18.7. The lowest BCUT2D eigenvalue weighted by Gasteiger charge is -2.23. The third-order valence-electron chi connectivity index (χ3n) is 5.20. The molecule has 1 atom stereocenters. The van der Waals surface area contributed by atoms with Gasteiger partial charge in [-0.1, -0.05) is 37.1 Å². The van der Waals surface area contributed by atoms with Gasteiger partial charge in [-0.2, -0.15) is 0 Å². The average Bonchev–Trinajstić information content (AvgIpc) is 3.17. The Morgan fingerprint density at radius 1 is 1.10 bits per heavy atom. The second kappa shape index (κ2) is 9.54. The summed E-state index contributed by atoms with van der Waals surface area (Å²) in [5.41, 5.74) is 3.04. The molecule has 3 N–H and O–H groups in total. The molecule has 1 aliphatic carbocycles. The van der Waals surface area contributed by atoms with Gasteiger partial charge in [0.1, 0.15) is 5.82 Å². The second-order valence-electron chi connectivity index (χ2n) is 7.66. The Morgan fingerprint density at radius 2 is 1.97 bits per heavy atom. The Kier molecular flexibility index (Phi) is 6.61. The van der Waals surface area contributed by atoms with Crippen molar-refractivity contribution in [3.05, 3.63) is 41.3 Å². The van der Waals surface area contributed by atoms with Crippen molar-refractivity contribution in [2.45, 2.75) is 56.9 Å². The van der Waals surface area contributed by atoms with Crippen LogP contribution < -0.4 is 16.0 Å². The molecule has 1 saturated carbocycles. The van der Waals surface area contributed by atoms with Gasteiger partial charge in [0.2, 0.25) is 5.95 Å². The average molecular weight is 412 g/mol. The van der Waals surface area contributed by atoms with E-state index in [1.54, 1.807) is 11.8 Å². The predicted molar refractivity (Wildman–Crippen MR) is 121 cm³/mol. The van der Waals surface area contributed by atoms with Crippen LogP contribution in [0.5, 0.6) is 0 Å². The standard InChI is InChI=1S/C21H29N7S/c1-14-11-17(27-20(24-14)26-15-7-4-3-5-8-15)18-13-23-21(29-18)28-19-10-6-9-16(25-19)12-22-2/h6,9-11,15,18,22H,3-5,7-8,12-13H2,1-2H3,(H,23,25,28)(H,24,26,27). The van der Waals surface area contributed by atoms with Crippen molar-refractivity contribution in [2.24, 2.45) is 4.99 Å². The van der Waals surface area contributed by atoms with Crippen molar-refractivity contribution >= 4 is 28.7 Å². The molecule has 3 heterocycles. The molecule has 7 nitrogen and oxygen atoms in total. The van der Waals surface area contributed by atoms with Gasteiger partial charge < -0.3 is 16.0 Å². The molecule has 2 aromatic rings. The molecule has 1 aliphatic heterocycles. The first-order chi connectivity index (χ1) is 14.2. The summed E-state index contributed by atoms with van der Waals surface area (Å²) in [5, 5.41) is 11.1. The topological polar surface area (TPSA) is 87.1 Å². The number of thioether (sulfide) groups is 1. The quantitative estimate of drug-likeness (QED) is 0.664. The van der Waals surface area contributed by atoms with Crippen LogP contribution in [0, 0.1) is 6.92 Å². The maximum Gasteiger partial charge on any atom is 0.223 e. The Bertz CT molecular complexity index is 864. The van der Waals surface area contributed by atoms with Gasteiger partial charge in [0.05, 0.1) is 23.2 Å². The maximum absolute atomic E-state index is 4.82. The zero-order chi connectivity index (χ0) is 20.1. The van der Waals surface area contributed by atoms with Crippen LogP contribution in [0.4, 0.5) is 11.8 Å². The molecule has 0 saturated heterocycles. The van der Waals surface area contributed by atoms with Crippen LogP contribution in [-0.2, 0) is 6.54 Å². The van der Waals surface area contributed by atoms with Crippen molar-refractivity contribution in [3.8, 4) is 0 Å². The maximum atomic E-state index is 4.82. The van der Waals surface area contributed by atoms with E-state index in [-0.39, 0.29) is 5.25 Å². The minimum Gasteiger partial charge on any atom is -0.351 e. The van der Waals surface area contributed by atoms with Gasteiger partial charge in [0.15, 0.2) is 5.17 Å². The Balaban J connectivity index is 1.39. The van der Waals surface area contributed by atoms with E-state index >= 15 is 0 Å². The number of aryl methyl sites for hydroxylation is 1. The van der Waals surface area contributed by atoms with Gasteiger partial charge >= 0.3 is 0 Å². The third kappa shape index (κ3) is 5.45. The van der Waals surface area contributed by atoms with E-state index in [0.717, 1.165) is 40.6 Å². The highest BCUT2D eigenvalue weighted by Crippen LogP contribution is 2.35. The molecule has 1 unspecified atom stereocenters. The summed E-state index contributed by atoms with van der Waals surface area (Å²) in [7, 11) is 1.92. The zero-order valence-corrected chi connectivity index (χ0v) is 17.9. The lowest BCUT2D eigenvalue weighted by molar-refractivity contribution is 0.460. The Labute approximate surface area is 176 Å². The van der Waals surface area contributed by atoms with Gasteiger partial charge in [-0.25, -0.2) is 15.0 Å². The van der Waals surface area contributed by atoms with Crippen LogP contribution in [0.25, 0.3) is 0 Å². The number of hydrogen-bond donors (Lipinski definition) is 3. The second-order valence-corrected chi connectivity index (χ2v) is 8.85. The Hall–Kier alpha value is -2.19. The molecular formula is C21H29N7S. The van der Waals surface area contributed by atoms with Crippen LogP contribution in [0.3, 0.4) is 0 Å². The molecular weight excluding hydrogens is 382 g/mol. The molecule has 29 heavy (non-hydrogen) atoms. The molecule has 154 valence electrons. The number of pyridine rings is 1. The summed E-state index contributed by atoms with van der Waals surface area (Å²) in [6.07, 6.45) is 6.35. The van der Waals surface area contributed by atoms with Crippen LogP contribution >= 0.6 is 11.8 Å². The molecule has 2 aliphatic rings. The lowest BCUT2D eigenvalue weighted by atomic mass is 9.96. The molecule has 0 radical (unpaired) electrons. The highest BCUT2D eigenvalue weighted by molar-refractivity contribution is 8.14. The van der Waals surface area contributed by atoms with E-state index in [2.05, 4.69) is 37.0 Å². The summed E-state index contributed by atoms with van der Waals surface area (Å²) in [6, 6.07) is 8.57. The number of hydrogen-bond acceptors (Lipinski definition) is 8. The fraction of sp³-hybridized carbons (Fsp3) is 0.524. The Morgan fingerprint density at radius 3 is 2.79 bits per heavy atom. The number of anilines is 2. The number of aromatic nitrogens is 3. The van der Waals surface area contributed by atoms with Crippen molar-refractivity contribution < 1.29 is 0 Å². The summed E-state index contributed by atoms with van der Waals surface area (Å²) in [5.74, 6) is 1.58. The number of nitrogens with one attached hydrogen (secondary N) is 3. The minimum atomic E-state index is 0.201. The highest BCUT2D eigenvalue weighted by Gasteiger charge is 2.24. The number of nitrogens with zero attached hydrogens (tertiary/aromatic N) is 4. The molecule has 8 heteroatoms. The first-order valence-corrected chi connectivity index (χ1v) is 11.3. The molecule has 2 aromatic heterocycles. The molecule has 0 amide bonds. The smallest absolute Gasteiger partial charge is 0.223 e. The van der Waals surface area contributed by atoms with Crippen molar-refractivity contribution in [3.63, 3.8) is 0 Å². The van der Waals surface area contributed by atoms with E-state index in [1.165, 1.54) is 32.1 Å². The van der Waals surface area contributed by atoms with Crippen LogP contribution in [-0.4, -0.2) is 39.8 Å². The van der Waals surface area contributed by atoms with Gasteiger partial charge in [-0.05, 0) is 45.0 Å². The predicted octanol–water partition coefficient (Wildman–Crippen LogP) is 3.90. The molecule has 0 bridgehead atoms. The SMILES string of the molecule is CNCc1cccc(NC2=NCC(c3cc(C)nc(NC4CCCCC4)n3)S2)n1. The van der Waals surface area contributed by atoms with Crippen molar-refractivity contribution in [1.82, 2.24) is 20.3 Å². The largest absolute Gasteiger partial charge is 0.351 e. The van der Waals surface area contributed by atoms with E-state index in [1.807, 2.05) is 32.2 Å². The van der Waals surface area contributed by atoms with E-state index in [4.69, 9.17) is 4.98 Å². The van der Waals surface area contributed by atoms with Gasteiger partial charge in [0.25, 0.3) is 0 Å². The van der Waals surface area contributed by atoms with Crippen LogP contribution in [0.2, 0.25) is 0 Å². The fourth-order valence-corrected chi connectivity index (χ4v) is 4.76. The van der Waals surface area contributed by atoms with Gasteiger partial charge in [0, 0.05) is 18.3 Å². The molecule has 0 spiro atoms. The molecule has 1 fully saturated rings. The van der Waals surface area contributed by atoms with Gasteiger partial charge in [-0.15, -0.1) is 0 Å². The first kappa shape index (κ1) is 20.1. The monoisotopic (exact) mass is 411 g/mol. The van der Waals surface area contributed by atoms with E-state index in [0.29, 0.717) is 12.6 Å². The van der Waals surface area contributed by atoms with E-state index < -0.39 is 0 Å². The lowest BCUT2D eigenvalue weighted by Crippen LogP contribution is -2.24. The number of amidine groups is 1. The van der Waals surface area contributed by atoms with Crippen LogP contribution in [0.15, 0.2) is 29.3 Å². The molecule has 0 aromatic carbocycles. The summed E-state index contributed by atoms with van der Waals surface area (Å²) in [6.45, 7) is 3.49. The van der Waals surface area contributed by atoms with Crippen molar-refractivity contribution in [2.75, 3.05) is 24.2 Å². The van der Waals surface area contributed by atoms with Crippen molar-refractivity contribution in [1.29, 1.82) is 0 Å². The van der Waals surface area contributed by atoms with Crippen LogP contribution in [0.1, 0.15) is 54.4 Å². The number of aliphatic imine (C=N–C) groups is 1. The van der Waals surface area contributed by atoms with Gasteiger partial charge in [-0.3, -0.25) is 4.99 Å². The zero-order valence-electron chi connectivity index (χ0n) is 17.1. The van der Waals surface area contributed by atoms with E-state index in [9.17, 15) is 0 Å². The number of rotatable bonds is 6. The third-order valence-corrected chi connectivity index (χ3v) is 6.33. The normalized spacial score (nSPS) is 19.8. The first-order valence-electron chi connectivity index (χ1n) is 10.4. The minimum absolute atomic E-state index is 0.201. The summed E-state index contributed by atoms with van der Waals surface area (Å²) >= 11 is 1.71. The highest BCUT2D eigenvalue weighted by atomic mass is 32.2. The molecule has 4 rings (SSSR count). The summed E-state index contributed by atoms with van der Waals surface area (Å²) < 4.78 is 0. The fourth-order valence-electron chi connectivity index (χ4n) is 3.79.